The molecule has 1 aliphatic rings. The van der Waals surface area contributed by atoms with Crippen molar-refractivity contribution in [2.24, 2.45) is 0 Å². The van der Waals surface area contributed by atoms with Crippen LogP contribution in [0.1, 0.15) is 19.8 Å². The molecule has 168 valence electrons. The van der Waals surface area contributed by atoms with E-state index >= 15 is 0 Å². The molecule has 5 rings (SSSR count). The number of hydrogen-bond donors (Lipinski definition) is 1. The lowest BCUT2D eigenvalue weighted by Crippen LogP contribution is -2.49. The zero-order valence-corrected chi connectivity index (χ0v) is 18.4. The van der Waals surface area contributed by atoms with E-state index in [0.29, 0.717) is 31.6 Å². The number of pyridine rings is 1. The van der Waals surface area contributed by atoms with Crippen LogP contribution in [0.5, 0.6) is 0 Å². The number of aromatic nitrogens is 4. The second kappa shape index (κ2) is 8.29. The van der Waals surface area contributed by atoms with Gasteiger partial charge in [-0.25, -0.2) is 9.20 Å². The molecule has 1 aromatic carbocycles. The van der Waals surface area contributed by atoms with Gasteiger partial charge < -0.3 is 10.0 Å². The summed E-state index contributed by atoms with van der Waals surface area (Å²) in [6.45, 7) is 2.53. The summed E-state index contributed by atoms with van der Waals surface area (Å²) < 4.78 is 3.14. The number of rotatable bonds is 4. The number of piperidine rings is 1. The smallest absolute Gasteiger partial charge is 0.266 e. The molecule has 1 N–H and O–H groups in total. The van der Waals surface area contributed by atoms with Gasteiger partial charge in [0.05, 0.1) is 28.9 Å². The average Bonchev–Trinajstić information content (AvgIpc) is 3.21. The molecule has 1 saturated heterocycles. The summed E-state index contributed by atoms with van der Waals surface area (Å²) in [5.74, 6) is -0.00383. The number of hydrogen-bond acceptors (Lipinski definition) is 5. The maximum atomic E-state index is 12.7. The number of benzene rings is 1. The van der Waals surface area contributed by atoms with Crippen molar-refractivity contribution in [1.82, 2.24) is 24.3 Å². The lowest BCUT2D eigenvalue weighted by molar-refractivity contribution is -0.133. The quantitative estimate of drug-likeness (QED) is 0.523. The fourth-order valence-corrected chi connectivity index (χ4v) is 4.42. The minimum Gasteiger partial charge on any atom is -0.388 e. The summed E-state index contributed by atoms with van der Waals surface area (Å²) in [4.78, 5) is 26.0. The van der Waals surface area contributed by atoms with Crippen molar-refractivity contribution in [2.75, 3.05) is 13.1 Å². The van der Waals surface area contributed by atoms with E-state index in [2.05, 4.69) is 5.10 Å². The Hall–Kier alpha value is -3.78. The number of carbonyl (C=O) groups is 1. The van der Waals surface area contributed by atoms with Gasteiger partial charge in [-0.3, -0.25) is 9.59 Å². The van der Waals surface area contributed by atoms with Crippen molar-refractivity contribution in [3.8, 4) is 22.5 Å². The van der Waals surface area contributed by atoms with Crippen LogP contribution in [0, 0.1) is 0 Å². The van der Waals surface area contributed by atoms with Crippen LogP contribution < -0.4 is 5.56 Å². The van der Waals surface area contributed by atoms with Crippen molar-refractivity contribution in [3.63, 3.8) is 0 Å². The molecule has 4 aromatic rings. The Morgan fingerprint density at radius 2 is 1.73 bits per heavy atom. The van der Waals surface area contributed by atoms with E-state index in [0.717, 1.165) is 22.3 Å². The van der Waals surface area contributed by atoms with Crippen LogP contribution in [0.25, 0.3) is 28.0 Å². The molecule has 3 aromatic heterocycles. The van der Waals surface area contributed by atoms with Crippen LogP contribution in [-0.2, 0) is 11.3 Å². The highest BCUT2D eigenvalue weighted by Gasteiger charge is 2.34. The zero-order chi connectivity index (χ0) is 23.0. The molecule has 0 spiro atoms. The Bertz CT molecular complexity index is 1370. The van der Waals surface area contributed by atoms with Crippen LogP contribution in [0.15, 0.2) is 71.7 Å². The van der Waals surface area contributed by atoms with Crippen molar-refractivity contribution in [1.29, 1.82) is 0 Å². The Balaban J connectivity index is 1.55. The van der Waals surface area contributed by atoms with Gasteiger partial charge in [0.25, 0.3) is 5.56 Å². The molecule has 0 aliphatic carbocycles. The fraction of sp³-hybridized carbons (Fsp3) is 0.280. The van der Waals surface area contributed by atoms with Gasteiger partial charge in [0.1, 0.15) is 5.69 Å². The summed E-state index contributed by atoms with van der Waals surface area (Å²) in [5, 5.41) is 20.5. The first-order chi connectivity index (χ1) is 15.9. The van der Waals surface area contributed by atoms with Gasteiger partial charge >= 0.3 is 0 Å². The Labute approximate surface area is 190 Å². The lowest BCUT2D eigenvalue weighted by Gasteiger charge is -2.37. The van der Waals surface area contributed by atoms with Crippen LogP contribution >= 0.6 is 0 Å². The largest absolute Gasteiger partial charge is 0.388 e. The fourth-order valence-electron chi connectivity index (χ4n) is 4.42. The molecular formula is C25H25N5O3. The summed E-state index contributed by atoms with van der Waals surface area (Å²) in [7, 11) is 0. The highest BCUT2D eigenvalue weighted by atomic mass is 16.3. The summed E-state index contributed by atoms with van der Waals surface area (Å²) >= 11 is 0. The number of amides is 1. The second-order valence-electron chi connectivity index (χ2n) is 8.56. The Morgan fingerprint density at radius 1 is 1.00 bits per heavy atom. The first-order valence-corrected chi connectivity index (χ1v) is 11.0. The van der Waals surface area contributed by atoms with Crippen LogP contribution in [-0.4, -0.2) is 54.0 Å². The van der Waals surface area contributed by atoms with Gasteiger partial charge in [0.2, 0.25) is 5.91 Å². The maximum Gasteiger partial charge on any atom is 0.266 e. The van der Waals surface area contributed by atoms with E-state index in [1.165, 1.54) is 17.7 Å². The molecule has 1 aliphatic heterocycles. The monoisotopic (exact) mass is 443 g/mol. The molecule has 1 fully saturated rings. The number of carbonyl (C=O) groups excluding carboxylic acids is 1. The van der Waals surface area contributed by atoms with Gasteiger partial charge in [0.15, 0.2) is 0 Å². The summed E-state index contributed by atoms with van der Waals surface area (Å²) in [6.07, 6.45) is 2.68. The van der Waals surface area contributed by atoms with E-state index in [1.54, 1.807) is 15.5 Å². The van der Waals surface area contributed by atoms with Crippen molar-refractivity contribution in [2.45, 2.75) is 31.9 Å². The molecule has 8 heteroatoms. The number of aliphatic hydroxyl groups is 1. The highest BCUT2D eigenvalue weighted by Crippen LogP contribution is 2.33. The summed E-state index contributed by atoms with van der Waals surface area (Å²) in [6, 6.07) is 18.9. The van der Waals surface area contributed by atoms with Crippen molar-refractivity contribution in [3.05, 3.63) is 77.2 Å². The first kappa shape index (κ1) is 21.1. The third kappa shape index (κ3) is 4.05. The SMILES string of the molecule is CC(=O)N1CCC(O)(Cn2nc(-c3c(-c4ccccc4)nn4ccccc34)ccc2=O)CC1. The van der Waals surface area contributed by atoms with Gasteiger partial charge in [-0.2, -0.15) is 10.2 Å². The molecular weight excluding hydrogens is 418 g/mol. The van der Waals surface area contributed by atoms with E-state index in [4.69, 9.17) is 5.10 Å². The molecule has 0 atom stereocenters. The van der Waals surface area contributed by atoms with E-state index in [-0.39, 0.29) is 18.0 Å². The van der Waals surface area contributed by atoms with E-state index in [1.807, 2.05) is 54.7 Å². The number of nitrogens with zero attached hydrogens (tertiary/aromatic N) is 5. The summed E-state index contributed by atoms with van der Waals surface area (Å²) in [5.41, 5.74) is 2.67. The minimum absolute atomic E-state index is 0.00383. The topological polar surface area (TPSA) is 92.7 Å². The highest BCUT2D eigenvalue weighted by molar-refractivity contribution is 5.90. The number of likely N-dealkylation sites (tertiary alicyclic amines) is 1. The zero-order valence-electron chi connectivity index (χ0n) is 18.4. The lowest BCUT2D eigenvalue weighted by atomic mass is 9.91. The molecule has 1 amide bonds. The van der Waals surface area contributed by atoms with Gasteiger partial charge in [-0.05, 0) is 31.0 Å². The van der Waals surface area contributed by atoms with Gasteiger partial charge in [-0.1, -0.05) is 36.4 Å². The Kier molecular flexibility index (Phi) is 5.30. The molecule has 0 bridgehead atoms. The van der Waals surface area contributed by atoms with E-state index in [9.17, 15) is 14.7 Å². The average molecular weight is 444 g/mol. The first-order valence-electron chi connectivity index (χ1n) is 11.0. The minimum atomic E-state index is -1.09. The molecule has 4 heterocycles. The molecule has 0 radical (unpaired) electrons. The third-order valence-corrected chi connectivity index (χ3v) is 6.29. The normalized spacial score (nSPS) is 15.6. The van der Waals surface area contributed by atoms with E-state index < -0.39 is 5.60 Å². The standard InChI is InChI=1S/C25H25N5O3/c1-18(31)28-15-12-25(33,13-16-28)17-30-22(32)11-10-20(26-30)23-21-9-5-6-14-29(21)27-24(23)19-7-3-2-4-8-19/h2-11,14,33H,12-13,15-17H2,1H3. The molecule has 33 heavy (non-hydrogen) atoms. The molecule has 0 unspecified atom stereocenters. The second-order valence-corrected chi connectivity index (χ2v) is 8.56. The predicted octanol–water partition coefficient (Wildman–Crippen LogP) is 2.60. The third-order valence-electron chi connectivity index (χ3n) is 6.29. The van der Waals surface area contributed by atoms with Crippen LogP contribution in [0.3, 0.4) is 0 Å². The van der Waals surface area contributed by atoms with Gasteiger partial charge in [0, 0.05) is 37.8 Å². The van der Waals surface area contributed by atoms with Crippen LogP contribution in [0.4, 0.5) is 0 Å². The molecule has 0 saturated carbocycles. The van der Waals surface area contributed by atoms with Crippen molar-refractivity contribution >= 4 is 11.4 Å². The van der Waals surface area contributed by atoms with Crippen LogP contribution in [0.2, 0.25) is 0 Å². The maximum absolute atomic E-state index is 12.7. The molecule has 8 nitrogen and oxygen atoms in total. The number of fused-ring (bicyclic) bond motifs is 1. The predicted molar refractivity (Wildman–Crippen MR) is 125 cm³/mol. The van der Waals surface area contributed by atoms with Gasteiger partial charge in [-0.15, -0.1) is 0 Å². The van der Waals surface area contributed by atoms with Crippen molar-refractivity contribution < 1.29 is 9.90 Å². The Morgan fingerprint density at radius 3 is 2.45 bits per heavy atom.